The number of aromatic amines is 1. The topological polar surface area (TPSA) is 119 Å². The number of aromatic hydroxyl groups is 1. The van der Waals surface area contributed by atoms with Crippen LogP contribution in [-0.4, -0.2) is 45.8 Å². The Balaban J connectivity index is 1.78. The normalized spacial score (nSPS) is 17.4. The van der Waals surface area contributed by atoms with Gasteiger partial charge in [0.05, 0.1) is 17.3 Å². The van der Waals surface area contributed by atoms with E-state index in [4.69, 9.17) is 0 Å². The molecule has 0 atom stereocenters. The Labute approximate surface area is 199 Å². The molecular weight excluding hydrogens is 434 g/mol. The Morgan fingerprint density at radius 2 is 1.65 bits per heavy atom. The molecule has 4 rings (SSSR count). The molecule has 184 valence electrons. The van der Waals surface area contributed by atoms with Crippen LogP contribution in [0.15, 0.2) is 27.8 Å². The maximum Gasteiger partial charge on any atom is 0.291 e. The number of anilines is 3. The number of aromatic nitrogens is 2. The highest BCUT2D eigenvalue weighted by Gasteiger charge is 2.25. The van der Waals surface area contributed by atoms with E-state index >= 15 is 0 Å². The van der Waals surface area contributed by atoms with Gasteiger partial charge in [0.2, 0.25) is 0 Å². The van der Waals surface area contributed by atoms with E-state index in [1.54, 1.807) is 26.2 Å². The molecule has 2 aliphatic carbocycles. The molecule has 2 saturated carbocycles. The Morgan fingerprint density at radius 3 is 2.29 bits per heavy atom. The molecule has 1 aromatic carbocycles. The van der Waals surface area contributed by atoms with Crippen LogP contribution >= 0.6 is 0 Å². The van der Waals surface area contributed by atoms with Crippen LogP contribution in [0.3, 0.4) is 0 Å². The number of H-pyrrole nitrogens is 1. The summed E-state index contributed by atoms with van der Waals surface area (Å²) in [4.78, 5) is 40.7. The number of phenols is 1. The van der Waals surface area contributed by atoms with Gasteiger partial charge in [0.15, 0.2) is 5.75 Å². The smallest absolute Gasteiger partial charge is 0.291 e. The lowest BCUT2D eigenvalue weighted by molar-refractivity contribution is 0.0824. The van der Waals surface area contributed by atoms with Crippen LogP contribution in [0.25, 0.3) is 0 Å². The van der Waals surface area contributed by atoms with Crippen molar-refractivity contribution < 1.29 is 9.90 Å². The predicted molar refractivity (Wildman–Crippen MR) is 133 cm³/mol. The van der Waals surface area contributed by atoms with Gasteiger partial charge in [0.1, 0.15) is 11.4 Å². The summed E-state index contributed by atoms with van der Waals surface area (Å²) in [7, 11) is 3.21. The summed E-state index contributed by atoms with van der Waals surface area (Å²) in [5, 5.41) is 20.0. The number of phenolic OH excluding ortho intramolecular Hbond substituents is 1. The Morgan fingerprint density at radius 1 is 1.00 bits per heavy atom. The third-order valence-electron chi connectivity index (χ3n) is 6.96. The summed E-state index contributed by atoms with van der Waals surface area (Å²) in [5.74, 6) is -0.610. The molecule has 2 aliphatic rings. The second-order valence-electron chi connectivity index (χ2n) is 9.66. The van der Waals surface area contributed by atoms with Crippen LogP contribution < -0.4 is 21.8 Å². The zero-order valence-electron chi connectivity index (χ0n) is 20.0. The minimum absolute atomic E-state index is 0.0616. The van der Waals surface area contributed by atoms with E-state index in [0.717, 1.165) is 57.8 Å². The van der Waals surface area contributed by atoms with Crippen molar-refractivity contribution >= 4 is 23.0 Å². The standard InChI is InChI=1S/C25H35N5O4/c1-29(2)24(33)18-14-9-15-19(22(18)31)27-21-20(26-16-10-5-3-6-11-16)23(32)28-30(25(21)34)17-12-7-4-8-13-17/h9,14-17,26-27,31H,3-8,10-13H2,1-2H3,(H,28,32). The quantitative estimate of drug-likeness (QED) is 0.476. The fourth-order valence-corrected chi connectivity index (χ4v) is 5.05. The van der Waals surface area contributed by atoms with Crippen molar-refractivity contribution in [2.75, 3.05) is 24.7 Å². The molecule has 0 saturated heterocycles. The second-order valence-corrected chi connectivity index (χ2v) is 9.66. The number of benzene rings is 1. The van der Waals surface area contributed by atoms with Crippen molar-refractivity contribution in [3.05, 3.63) is 44.5 Å². The maximum absolute atomic E-state index is 13.7. The lowest BCUT2D eigenvalue weighted by Gasteiger charge is -2.27. The highest BCUT2D eigenvalue weighted by Crippen LogP contribution is 2.33. The molecule has 0 bridgehead atoms. The van der Waals surface area contributed by atoms with E-state index in [-0.39, 0.29) is 57.5 Å². The van der Waals surface area contributed by atoms with Gasteiger partial charge in [-0.15, -0.1) is 0 Å². The number of rotatable bonds is 6. The molecule has 2 fully saturated rings. The molecule has 1 amide bonds. The Kier molecular flexibility index (Phi) is 7.29. The first-order valence-corrected chi connectivity index (χ1v) is 12.3. The van der Waals surface area contributed by atoms with Gasteiger partial charge in [-0.25, -0.2) is 4.68 Å². The largest absolute Gasteiger partial charge is 0.505 e. The van der Waals surface area contributed by atoms with Gasteiger partial charge in [-0.1, -0.05) is 44.6 Å². The molecule has 2 aromatic rings. The lowest BCUT2D eigenvalue weighted by Crippen LogP contribution is -2.38. The van der Waals surface area contributed by atoms with E-state index in [2.05, 4.69) is 15.7 Å². The summed E-state index contributed by atoms with van der Waals surface area (Å²) in [6, 6.07) is 4.81. The second kappa shape index (κ2) is 10.4. The third-order valence-corrected chi connectivity index (χ3v) is 6.96. The van der Waals surface area contributed by atoms with E-state index < -0.39 is 0 Å². The van der Waals surface area contributed by atoms with Crippen LogP contribution in [0.5, 0.6) is 5.75 Å². The number of para-hydroxylation sites is 1. The Bertz CT molecular complexity index is 1140. The van der Waals surface area contributed by atoms with Crippen molar-refractivity contribution in [2.45, 2.75) is 76.3 Å². The molecule has 0 spiro atoms. The lowest BCUT2D eigenvalue weighted by atomic mass is 9.95. The molecule has 9 nitrogen and oxygen atoms in total. The summed E-state index contributed by atoms with van der Waals surface area (Å²) < 4.78 is 1.45. The first kappa shape index (κ1) is 23.9. The first-order chi connectivity index (χ1) is 16.4. The van der Waals surface area contributed by atoms with Gasteiger partial charge in [-0.05, 0) is 37.8 Å². The highest BCUT2D eigenvalue weighted by atomic mass is 16.3. The van der Waals surface area contributed by atoms with Crippen LogP contribution in [0.2, 0.25) is 0 Å². The SMILES string of the molecule is CN(C)C(=O)c1cccc(Nc2c(NC3CCCCC3)c(=O)[nH]n(C3CCCCC3)c2=O)c1O. The van der Waals surface area contributed by atoms with Crippen LogP contribution in [0.4, 0.5) is 17.1 Å². The number of nitrogens with zero attached hydrogens (tertiary/aromatic N) is 2. The van der Waals surface area contributed by atoms with Gasteiger partial charge in [0, 0.05) is 20.1 Å². The van der Waals surface area contributed by atoms with E-state index in [1.165, 1.54) is 22.1 Å². The summed E-state index contributed by atoms with van der Waals surface area (Å²) in [5.41, 5.74) is -0.0873. The molecule has 4 N–H and O–H groups in total. The highest BCUT2D eigenvalue weighted by molar-refractivity contribution is 5.98. The van der Waals surface area contributed by atoms with Crippen LogP contribution in [0.1, 0.15) is 80.6 Å². The number of carbonyl (C=O) groups is 1. The van der Waals surface area contributed by atoms with Crippen molar-refractivity contribution in [3.8, 4) is 5.75 Å². The average molecular weight is 470 g/mol. The first-order valence-electron chi connectivity index (χ1n) is 12.3. The third kappa shape index (κ3) is 4.98. The molecule has 0 unspecified atom stereocenters. The minimum Gasteiger partial charge on any atom is -0.505 e. The minimum atomic E-state index is -0.363. The monoisotopic (exact) mass is 469 g/mol. The zero-order chi connectivity index (χ0) is 24.2. The number of hydrogen-bond acceptors (Lipinski definition) is 6. The molecule has 9 heteroatoms. The molecule has 0 aliphatic heterocycles. The van der Waals surface area contributed by atoms with Crippen LogP contribution in [-0.2, 0) is 0 Å². The maximum atomic E-state index is 13.7. The number of nitrogens with one attached hydrogen (secondary N) is 3. The van der Waals surface area contributed by atoms with Crippen molar-refractivity contribution in [1.82, 2.24) is 14.7 Å². The summed E-state index contributed by atoms with van der Waals surface area (Å²) in [6.45, 7) is 0. The number of hydrogen-bond donors (Lipinski definition) is 4. The zero-order valence-corrected chi connectivity index (χ0v) is 20.0. The summed E-state index contributed by atoms with van der Waals surface area (Å²) >= 11 is 0. The fourth-order valence-electron chi connectivity index (χ4n) is 5.05. The molecule has 1 aromatic heterocycles. The van der Waals surface area contributed by atoms with Crippen molar-refractivity contribution in [3.63, 3.8) is 0 Å². The fraction of sp³-hybridized carbons (Fsp3) is 0.560. The van der Waals surface area contributed by atoms with Gasteiger partial charge in [-0.2, -0.15) is 0 Å². The van der Waals surface area contributed by atoms with Gasteiger partial charge < -0.3 is 20.6 Å². The molecule has 0 radical (unpaired) electrons. The summed E-state index contributed by atoms with van der Waals surface area (Å²) in [6.07, 6.45) is 10.0. The molecule has 1 heterocycles. The van der Waals surface area contributed by atoms with Gasteiger partial charge in [0.25, 0.3) is 17.0 Å². The molecule has 34 heavy (non-hydrogen) atoms. The van der Waals surface area contributed by atoms with E-state index in [0.29, 0.717) is 0 Å². The Hall–Kier alpha value is -3.23. The number of amides is 1. The predicted octanol–water partition coefficient (Wildman–Crippen LogP) is 3.94. The van der Waals surface area contributed by atoms with Gasteiger partial charge in [-0.3, -0.25) is 19.5 Å². The van der Waals surface area contributed by atoms with Crippen molar-refractivity contribution in [1.29, 1.82) is 0 Å². The molecular formula is C25H35N5O4. The average Bonchev–Trinajstić information content (AvgIpc) is 2.85. The van der Waals surface area contributed by atoms with Crippen molar-refractivity contribution in [2.24, 2.45) is 0 Å². The number of carbonyl (C=O) groups excluding carboxylic acids is 1. The van der Waals surface area contributed by atoms with E-state index in [1.807, 2.05) is 0 Å². The van der Waals surface area contributed by atoms with Crippen LogP contribution in [0, 0.1) is 0 Å². The van der Waals surface area contributed by atoms with Gasteiger partial charge >= 0.3 is 0 Å². The van der Waals surface area contributed by atoms with E-state index in [9.17, 15) is 19.5 Å².